The van der Waals surface area contributed by atoms with Crippen LogP contribution in [-0.4, -0.2) is 0 Å². The van der Waals surface area contributed by atoms with Crippen LogP contribution in [-0.2, 0) is 12.8 Å². The zero-order valence-electron chi connectivity index (χ0n) is 12.3. The zero-order valence-corrected chi connectivity index (χ0v) is 12.3. The van der Waals surface area contributed by atoms with Crippen LogP contribution in [0.15, 0.2) is 48.5 Å². The van der Waals surface area contributed by atoms with E-state index in [2.05, 4.69) is 68.4 Å². The minimum Gasteiger partial charge on any atom is -0.198 e. The van der Waals surface area contributed by atoms with Gasteiger partial charge < -0.3 is 0 Å². The van der Waals surface area contributed by atoms with E-state index < -0.39 is 0 Å². The first-order valence-electron chi connectivity index (χ1n) is 7.24. The second-order valence-corrected chi connectivity index (χ2v) is 5.65. The van der Waals surface area contributed by atoms with E-state index in [0.29, 0.717) is 12.3 Å². The Hall–Kier alpha value is -2.07. The third kappa shape index (κ3) is 3.96. The van der Waals surface area contributed by atoms with Crippen LogP contribution in [0.5, 0.6) is 0 Å². The highest BCUT2D eigenvalue weighted by atomic mass is 14.2. The van der Waals surface area contributed by atoms with Gasteiger partial charge in [0.1, 0.15) is 0 Å². The summed E-state index contributed by atoms with van der Waals surface area (Å²) in [5.74, 6) is 0.695. The quantitative estimate of drug-likeness (QED) is 0.744. The molecule has 0 N–H and O–H groups in total. The van der Waals surface area contributed by atoms with Crippen LogP contribution in [0.1, 0.15) is 31.4 Å². The van der Waals surface area contributed by atoms with E-state index in [1.807, 2.05) is 0 Å². The number of hydrogen-bond donors (Lipinski definition) is 0. The van der Waals surface area contributed by atoms with Crippen molar-refractivity contribution in [3.63, 3.8) is 0 Å². The number of aryl methyl sites for hydroxylation is 1. The lowest BCUT2D eigenvalue weighted by molar-refractivity contribution is 0.647. The number of hydrogen-bond acceptors (Lipinski definition) is 1. The number of benzene rings is 2. The number of rotatable bonds is 5. The fourth-order valence-electron chi connectivity index (χ4n) is 2.37. The summed E-state index contributed by atoms with van der Waals surface area (Å²) in [6.07, 6.45) is 2.56. The second-order valence-electron chi connectivity index (χ2n) is 5.65. The maximum absolute atomic E-state index is 8.60. The smallest absolute Gasteiger partial charge is 0.0625 e. The molecule has 0 aromatic heterocycles. The van der Waals surface area contributed by atoms with Gasteiger partial charge in [0.15, 0.2) is 0 Å². The molecular formula is C19H21N. The Morgan fingerprint density at radius 3 is 1.80 bits per heavy atom. The topological polar surface area (TPSA) is 23.8 Å². The normalized spacial score (nSPS) is 10.5. The molecule has 1 nitrogen and oxygen atoms in total. The van der Waals surface area contributed by atoms with Crippen LogP contribution < -0.4 is 0 Å². The van der Waals surface area contributed by atoms with Crippen molar-refractivity contribution < 1.29 is 0 Å². The van der Waals surface area contributed by atoms with Crippen molar-refractivity contribution in [2.24, 2.45) is 5.92 Å². The summed E-state index contributed by atoms with van der Waals surface area (Å²) in [6.45, 7) is 4.49. The highest BCUT2D eigenvalue weighted by Gasteiger charge is 2.01. The van der Waals surface area contributed by atoms with Crippen molar-refractivity contribution in [2.75, 3.05) is 0 Å². The molecule has 0 spiro atoms. The van der Waals surface area contributed by atoms with Crippen LogP contribution in [0.3, 0.4) is 0 Å². The molecule has 0 aliphatic heterocycles. The van der Waals surface area contributed by atoms with Gasteiger partial charge in [-0.15, -0.1) is 0 Å². The summed E-state index contributed by atoms with van der Waals surface area (Å²) in [7, 11) is 0. The van der Waals surface area contributed by atoms with E-state index in [1.165, 1.54) is 22.3 Å². The molecule has 1 heteroatoms. The molecule has 0 bridgehead atoms. The zero-order chi connectivity index (χ0) is 14.4. The maximum atomic E-state index is 8.60. The fourth-order valence-corrected chi connectivity index (χ4v) is 2.37. The standard InChI is InChI=1S/C19H21N/c1-15(2)14-17-7-11-19(12-8-17)18-9-5-16(6-10-18)4-3-13-20/h5-12,15H,3-4,14H2,1-2H3. The highest BCUT2D eigenvalue weighted by Crippen LogP contribution is 2.21. The Morgan fingerprint density at radius 2 is 1.35 bits per heavy atom. The first kappa shape index (κ1) is 14.3. The van der Waals surface area contributed by atoms with Gasteiger partial charge in [-0.2, -0.15) is 5.26 Å². The molecule has 2 rings (SSSR count). The van der Waals surface area contributed by atoms with Gasteiger partial charge in [0.2, 0.25) is 0 Å². The van der Waals surface area contributed by atoms with Gasteiger partial charge in [-0.3, -0.25) is 0 Å². The van der Waals surface area contributed by atoms with E-state index >= 15 is 0 Å². The van der Waals surface area contributed by atoms with E-state index in [9.17, 15) is 0 Å². The van der Waals surface area contributed by atoms with Crippen molar-refractivity contribution in [1.29, 1.82) is 5.26 Å². The Morgan fingerprint density at radius 1 is 0.850 bits per heavy atom. The van der Waals surface area contributed by atoms with Crippen LogP contribution in [0.25, 0.3) is 11.1 Å². The van der Waals surface area contributed by atoms with E-state index in [0.717, 1.165) is 12.8 Å². The van der Waals surface area contributed by atoms with Gasteiger partial charge in [-0.1, -0.05) is 62.4 Å². The summed E-state index contributed by atoms with van der Waals surface area (Å²) in [4.78, 5) is 0. The lowest BCUT2D eigenvalue weighted by Gasteiger charge is -2.07. The van der Waals surface area contributed by atoms with Crippen LogP contribution in [0.2, 0.25) is 0 Å². The predicted molar refractivity (Wildman–Crippen MR) is 84.4 cm³/mol. The summed E-state index contributed by atoms with van der Waals surface area (Å²) >= 11 is 0. The molecule has 2 aromatic rings. The molecular weight excluding hydrogens is 242 g/mol. The Balaban J connectivity index is 2.09. The average Bonchev–Trinajstić information content (AvgIpc) is 2.46. The third-order valence-corrected chi connectivity index (χ3v) is 3.41. The molecule has 0 unspecified atom stereocenters. The SMILES string of the molecule is CC(C)Cc1ccc(-c2ccc(CCC#N)cc2)cc1. The van der Waals surface area contributed by atoms with Crippen molar-refractivity contribution in [1.82, 2.24) is 0 Å². The Labute approximate surface area is 121 Å². The molecule has 0 fully saturated rings. The molecule has 20 heavy (non-hydrogen) atoms. The molecule has 102 valence electrons. The van der Waals surface area contributed by atoms with Gasteiger partial charge in [0, 0.05) is 6.42 Å². The van der Waals surface area contributed by atoms with Gasteiger partial charge in [0.05, 0.1) is 6.07 Å². The first-order chi connectivity index (χ1) is 9.69. The first-order valence-corrected chi connectivity index (χ1v) is 7.24. The largest absolute Gasteiger partial charge is 0.198 e. The molecule has 0 heterocycles. The lowest BCUT2D eigenvalue weighted by Crippen LogP contribution is -1.93. The molecule has 0 saturated heterocycles. The third-order valence-electron chi connectivity index (χ3n) is 3.41. The number of nitrogens with zero attached hydrogens (tertiary/aromatic N) is 1. The van der Waals surface area contributed by atoms with Gasteiger partial charge >= 0.3 is 0 Å². The highest BCUT2D eigenvalue weighted by molar-refractivity contribution is 5.64. The van der Waals surface area contributed by atoms with Crippen molar-refractivity contribution in [3.05, 3.63) is 59.7 Å². The van der Waals surface area contributed by atoms with Gasteiger partial charge in [-0.05, 0) is 41.0 Å². The van der Waals surface area contributed by atoms with E-state index in [1.54, 1.807) is 0 Å². The van der Waals surface area contributed by atoms with Gasteiger partial charge in [0.25, 0.3) is 0 Å². The second kappa shape index (κ2) is 6.91. The Bertz CT molecular complexity index is 571. The molecule has 2 aromatic carbocycles. The summed E-state index contributed by atoms with van der Waals surface area (Å²) < 4.78 is 0. The molecule has 0 amide bonds. The van der Waals surface area contributed by atoms with E-state index in [4.69, 9.17) is 5.26 Å². The van der Waals surface area contributed by atoms with Crippen LogP contribution in [0, 0.1) is 17.2 Å². The molecule has 0 radical (unpaired) electrons. The average molecular weight is 263 g/mol. The van der Waals surface area contributed by atoms with Gasteiger partial charge in [-0.25, -0.2) is 0 Å². The summed E-state index contributed by atoms with van der Waals surface area (Å²) in [5, 5.41) is 8.60. The minimum absolute atomic E-state index is 0.587. The lowest BCUT2D eigenvalue weighted by atomic mass is 9.98. The summed E-state index contributed by atoms with van der Waals surface area (Å²) in [6, 6.07) is 19.5. The fraction of sp³-hybridized carbons (Fsp3) is 0.316. The number of nitriles is 1. The Kier molecular flexibility index (Phi) is 4.96. The summed E-state index contributed by atoms with van der Waals surface area (Å²) in [5.41, 5.74) is 5.12. The van der Waals surface area contributed by atoms with Crippen molar-refractivity contribution in [2.45, 2.75) is 33.1 Å². The van der Waals surface area contributed by atoms with E-state index in [-0.39, 0.29) is 0 Å². The van der Waals surface area contributed by atoms with Crippen molar-refractivity contribution >= 4 is 0 Å². The molecule has 0 aliphatic carbocycles. The monoisotopic (exact) mass is 263 g/mol. The molecule has 0 saturated carbocycles. The van der Waals surface area contributed by atoms with Crippen LogP contribution in [0.4, 0.5) is 0 Å². The molecule has 0 aliphatic rings. The van der Waals surface area contributed by atoms with Crippen LogP contribution >= 0.6 is 0 Å². The minimum atomic E-state index is 0.587. The molecule has 0 atom stereocenters. The van der Waals surface area contributed by atoms with Crippen molar-refractivity contribution in [3.8, 4) is 17.2 Å². The predicted octanol–water partition coefficient (Wildman–Crippen LogP) is 5.01. The maximum Gasteiger partial charge on any atom is 0.0625 e.